The molecule has 4 heteroatoms. The van der Waals surface area contributed by atoms with Crippen LogP contribution in [0.2, 0.25) is 0 Å². The van der Waals surface area contributed by atoms with Gasteiger partial charge in [-0.2, -0.15) is 0 Å². The molecule has 0 bridgehead atoms. The smallest absolute Gasteiger partial charge is 0.307 e. The zero-order chi connectivity index (χ0) is 13.5. The van der Waals surface area contributed by atoms with Crippen LogP contribution in [0, 0.1) is 17.3 Å². The first-order chi connectivity index (χ1) is 8.38. The molecule has 0 aromatic carbocycles. The van der Waals surface area contributed by atoms with Crippen LogP contribution in [0.4, 0.5) is 0 Å². The molecule has 0 spiro atoms. The molecule has 0 aromatic heterocycles. The predicted molar refractivity (Wildman–Crippen MR) is 68.0 cm³/mol. The molecule has 3 unspecified atom stereocenters. The van der Waals surface area contributed by atoms with Gasteiger partial charge < -0.3 is 10.0 Å². The monoisotopic (exact) mass is 253 g/mol. The van der Waals surface area contributed by atoms with E-state index in [9.17, 15) is 9.59 Å². The number of hydrogen-bond donors (Lipinski definition) is 1. The van der Waals surface area contributed by atoms with Crippen molar-refractivity contribution in [3.05, 3.63) is 0 Å². The van der Waals surface area contributed by atoms with Crippen molar-refractivity contribution >= 4 is 11.9 Å². The molecule has 1 heterocycles. The summed E-state index contributed by atoms with van der Waals surface area (Å²) in [6.45, 7) is 7.35. The van der Waals surface area contributed by atoms with E-state index in [1.807, 2.05) is 4.90 Å². The van der Waals surface area contributed by atoms with Crippen LogP contribution in [0.15, 0.2) is 0 Å². The number of aliphatic carboxylic acids is 1. The Labute approximate surface area is 108 Å². The Morgan fingerprint density at radius 2 is 2.00 bits per heavy atom. The van der Waals surface area contributed by atoms with Gasteiger partial charge in [-0.05, 0) is 31.1 Å². The second-order valence-corrected chi connectivity index (χ2v) is 6.32. The second-order valence-electron chi connectivity index (χ2n) is 6.32. The first-order valence-electron chi connectivity index (χ1n) is 6.91. The maximum Gasteiger partial charge on any atom is 0.307 e. The summed E-state index contributed by atoms with van der Waals surface area (Å²) in [4.78, 5) is 25.2. The van der Waals surface area contributed by atoms with Gasteiger partial charge in [0.25, 0.3) is 0 Å². The Morgan fingerprint density at radius 1 is 1.33 bits per heavy atom. The van der Waals surface area contributed by atoms with Crippen molar-refractivity contribution < 1.29 is 14.7 Å². The van der Waals surface area contributed by atoms with Crippen molar-refractivity contribution in [2.24, 2.45) is 17.3 Å². The summed E-state index contributed by atoms with van der Waals surface area (Å²) in [7, 11) is 0. The van der Waals surface area contributed by atoms with Crippen LogP contribution in [0.25, 0.3) is 0 Å². The van der Waals surface area contributed by atoms with E-state index in [0.29, 0.717) is 6.42 Å². The topological polar surface area (TPSA) is 57.6 Å². The number of carbonyl (C=O) groups is 2. The van der Waals surface area contributed by atoms with Gasteiger partial charge in [0.15, 0.2) is 0 Å². The molecule has 1 saturated heterocycles. The number of amides is 1. The highest BCUT2D eigenvalue weighted by atomic mass is 16.4. The first kappa shape index (κ1) is 13.4. The Hall–Kier alpha value is -1.06. The molecule has 1 amide bonds. The number of carboxylic acids is 1. The van der Waals surface area contributed by atoms with E-state index in [2.05, 4.69) is 20.8 Å². The summed E-state index contributed by atoms with van der Waals surface area (Å²) in [5.41, 5.74) is 0.125. The molecular weight excluding hydrogens is 230 g/mol. The molecule has 1 aliphatic heterocycles. The van der Waals surface area contributed by atoms with Crippen molar-refractivity contribution in [3.63, 3.8) is 0 Å². The number of carboxylic acid groups (broad SMARTS) is 1. The van der Waals surface area contributed by atoms with Gasteiger partial charge >= 0.3 is 5.97 Å². The Balaban J connectivity index is 2.04. The van der Waals surface area contributed by atoms with E-state index < -0.39 is 11.9 Å². The lowest BCUT2D eigenvalue weighted by atomic mass is 9.80. The quantitative estimate of drug-likeness (QED) is 0.835. The average molecular weight is 253 g/mol. The van der Waals surface area contributed by atoms with Crippen LogP contribution in [0.1, 0.15) is 46.5 Å². The Morgan fingerprint density at radius 3 is 2.50 bits per heavy atom. The molecule has 102 valence electrons. The predicted octanol–water partition coefficient (Wildman–Crippen LogP) is 2.13. The fraction of sp³-hybridized carbons (Fsp3) is 0.857. The zero-order valence-electron chi connectivity index (χ0n) is 11.5. The average Bonchev–Trinajstić information content (AvgIpc) is 2.97. The van der Waals surface area contributed by atoms with Gasteiger partial charge in [-0.3, -0.25) is 9.59 Å². The molecular formula is C14H23NO3. The molecule has 2 rings (SSSR count). The van der Waals surface area contributed by atoms with Crippen LogP contribution in [-0.2, 0) is 9.59 Å². The van der Waals surface area contributed by atoms with E-state index in [1.54, 1.807) is 0 Å². The zero-order valence-corrected chi connectivity index (χ0v) is 11.5. The molecule has 0 radical (unpaired) electrons. The minimum absolute atomic E-state index is 0.0754. The molecule has 2 fully saturated rings. The number of hydrogen-bond acceptors (Lipinski definition) is 2. The van der Waals surface area contributed by atoms with Gasteiger partial charge in [0.2, 0.25) is 5.91 Å². The summed E-state index contributed by atoms with van der Waals surface area (Å²) in [6, 6.07) is 0.282. The van der Waals surface area contributed by atoms with Crippen molar-refractivity contribution in [1.29, 1.82) is 0 Å². The fourth-order valence-corrected chi connectivity index (χ4v) is 3.03. The fourth-order valence-electron chi connectivity index (χ4n) is 3.03. The molecule has 1 N–H and O–H groups in total. The standard InChI is InChI=1S/C14H23NO3/c1-4-14(2,3)11-6-5-7-15(11)12(16)9-8-10(9)13(17)18/h9-11H,4-8H2,1-3H3,(H,17,18). The third-order valence-corrected chi connectivity index (χ3v) is 4.77. The van der Waals surface area contributed by atoms with Crippen molar-refractivity contribution in [2.75, 3.05) is 6.54 Å². The van der Waals surface area contributed by atoms with E-state index in [4.69, 9.17) is 5.11 Å². The van der Waals surface area contributed by atoms with Gasteiger partial charge in [0, 0.05) is 12.6 Å². The molecule has 3 atom stereocenters. The number of nitrogens with zero attached hydrogens (tertiary/aromatic N) is 1. The van der Waals surface area contributed by atoms with E-state index in [0.717, 1.165) is 25.8 Å². The summed E-state index contributed by atoms with van der Waals surface area (Å²) < 4.78 is 0. The number of carbonyl (C=O) groups excluding carboxylic acids is 1. The third kappa shape index (κ3) is 2.25. The van der Waals surface area contributed by atoms with Crippen LogP contribution >= 0.6 is 0 Å². The van der Waals surface area contributed by atoms with Crippen LogP contribution in [0.3, 0.4) is 0 Å². The van der Waals surface area contributed by atoms with Gasteiger partial charge in [0.05, 0.1) is 11.8 Å². The highest BCUT2D eigenvalue weighted by Crippen LogP contribution is 2.44. The maximum absolute atomic E-state index is 12.4. The normalized spacial score (nSPS) is 31.5. The van der Waals surface area contributed by atoms with Gasteiger partial charge in [-0.1, -0.05) is 20.8 Å². The Kier molecular flexibility index (Phi) is 3.39. The molecule has 18 heavy (non-hydrogen) atoms. The number of rotatable bonds is 4. The highest BCUT2D eigenvalue weighted by Gasteiger charge is 2.52. The minimum Gasteiger partial charge on any atom is -0.481 e. The highest BCUT2D eigenvalue weighted by molar-refractivity contribution is 5.89. The van der Waals surface area contributed by atoms with E-state index in [-0.39, 0.29) is 23.3 Å². The maximum atomic E-state index is 12.4. The summed E-state index contributed by atoms with van der Waals surface area (Å²) in [5, 5.41) is 8.92. The largest absolute Gasteiger partial charge is 0.481 e. The summed E-state index contributed by atoms with van der Waals surface area (Å²) in [5.74, 6) is -1.43. The summed E-state index contributed by atoms with van der Waals surface area (Å²) >= 11 is 0. The lowest BCUT2D eigenvalue weighted by Crippen LogP contribution is -2.45. The van der Waals surface area contributed by atoms with E-state index in [1.165, 1.54) is 0 Å². The minimum atomic E-state index is -0.821. The molecule has 1 saturated carbocycles. The van der Waals surface area contributed by atoms with Crippen LogP contribution < -0.4 is 0 Å². The first-order valence-corrected chi connectivity index (χ1v) is 6.91. The second kappa shape index (κ2) is 4.56. The van der Waals surface area contributed by atoms with Crippen molar-refractivity contribution in [1.82, 2.24) is 4.90 Å². The SMILES string of the molecule is CCC(C)(C)C1CCCN1C(=O)C1CC1C(=O)O. The molecule has 1 aliphatic carbocycles. The molecule has 4 nitrogen and oxygen atoms in total. The molecule has 0 aromatic rings. The number of likely N-dealkylation sites (tertiary alicyclic amines) is 1. The van der Waals surface area contributed by atoms with E-state index >= 15 is 0 Å². The Bertz CT molecular complexity index is 364. The molecule has 2 aliphatic rings. The van der Waals surface area contributed by atoms with Crippen molar-refractivity contribution in [2.45, 2.75) is 52.5 Å². The third-order valence-electron chi connectivity index (χ3n) is 4.77. The van der Waals surface area contributed by atoms with Gasteiger partial charge in [-0.25, -0.2) is 0 Å². The summed E-state index contributed by atoms with van der Waals surface area (Å²) in [6.07, 6.45) is 3.67. The lowest BCUT2D eigenvalue weighted by Gasteiger charge is -2.37. The van der Waals surface area contributed by atoms with Crippen molar-refractivity contribution in [3.8, 4) is 0 Å². The van der Waals surface area contributed by atoms with Gasteiger partial charge in [-0.15, -0.1) is 0 Å². The van der Waals surface area contributed by atoms with Crippen LogP contribution in [-0.4, -0.2) is 34.5 Å². The van der Waals surface area contributed by atoms with Gasteiger partial charge in [0.1, 0.15) is 0 Å². The van der Waals surface area contributed by atoms with Crippen LogP contribution in [0.5, 0.6) is 0 Å². The lowest BCUT2D eigenvalue weighted by molar-refractivity contribution is -0.143.